The highest BCUT2D eigenvalue weighted by atomic mass is 19.1. The van der Waals surface area contributed by atoms with Crippen LogP contribution in [-0.2, 0) is 11.2 Å². The van der Waals surface area contributed by atoms with Crippen LogP contribution in [0.25, 0.3) is 10.9 Å². The zero-order chi connectivity index (χ0) is 14.8. The van der Waals surface area contributed by atoms with E-state index in [0.717, 1.165) is 49.2 Å². The summed E-state index contributed by atoms with van der Waals surface area (Å²) in [6.45, 7) is 6.66. The number of aromatic amines is 1. The predicted octanol–water partition coefficient (Wildman–Crippen LogP) is 2.01. The molecule has 0 saturated carbocycles. The fourth-order valence-electron chi connectivity index (χ4n) is 2.89. The highest BCUT2D eigenvalue weighted by Gasteiger charge is 2.21. The summed E-state index contributed by atoms with van der Waals surface area (Å²) in [7, 11) is 0. The highest BCUT2D eigenvalue weighted by molar-refractivity contribution is 5.89. The standard InChI is InChI=1S/C16H20FN3O/c1-2-19-5-7-20(8-6-19)16(21)9-12-11-18-15-10-13(17)3-4-14(12)15/h3-4,10-11,18H,2,5-9H2,1H3. The Morgan fingerprint density at radius 1 is 1.29 bits per heavy atom. The average Bonchev–Trinajstić information content (AvgIpc) is 2.89. The number of piperazine rings is 1. The van der Waals surface area contributed by atoms with Gasteiger partial charge in [-0.3, -0.25) is 4.79 Å². The molecule has 1 aromatic carbocycles. The lowest BCUT2D eigenvalue weighted by Crippen LogP contribution is -2.48. The summed E-state index contributed by atoms with van der Waals surface area (Å²) in [5.74, 6) is -0.117. The van der Waals surface area contributed by atoms with E-state index >= 15 is 0 Å². The Morgan fingerprint density at radius 3 is 2.76 bits per heavy atom. The van der Waals surface area contributed by atoms with Crippen molar-refractivity contribution in [1.29, 1.82) is 0 Å². The number of halogens is 1. The summed E-state index contributed by atoms with van der Waals surface area (Å²) in [6.07, 6.45) is 2.18. The molecule has 1 saturated heterocycles. The maximum atomic E-state index is 13.2. The first-order valence-corrected chi connectivity index (χ1v) is 7.43. The van der Waals surface area contributed by atoms with E-state index in [0.29, 0.717) is 6.42 Å². The van der Waals surface area contributed by atoms with E-state index in [2.05, 4.69) is 16.8 Å². The Morgan fingerprint density at radius 2 is 2.05 bits per heavy atom. The second-order valence-corrected chi connectivity index (χ2v) is 5.50. The number of amides is 1. The number of benzene rings is 1. The molecule has 1 N–H and O–H groups in total. The van der Waals surface area contributed by atoms with E-state index in [9.17, 15) is 9.18 Å². The van der Waals surface area contributed by atoms with Gasteiger partial charge in [-0.1, -0.05) is 6.92 Å². The molecule has 4 nitrogen and oxygen atoms in total. The van der Waals surface area contributed by atoms with Gasteiger partial charge in [0.15, 0.2) is 0 Å². The first-order chi connectivity index (χ1) is 10.2. The van der Waals surface area contributed by atoms with E-state index in [4.69, 9.17) is 0 Å². The molecule has 21 heavy (non-hydrogen) atoms. The van der Waals surface area contributed by atoms with Crippen LogP contribution in [0.4, 0.5) is 4.39 Å². The lowest BCUT2D eigenvalue weighted by atomic mass is 10.1. The lowest BCUT2D eigenvalue weighted by Gasteiger charge is -2.34. The molecule has 0 bridgehead atoms. The Hall–Kier alpha value is -1.88. The molecule has 0 atom stereocenters. The van der Waals surface area contributed by atoms with Crippen LogP contribution in [0.3, 0.4) is 0 Å². The van der Waals surface area contributed by atoms with Gasteiger partial charge in [-0.25, -0.2) is 4.39 Å². The predicted molar refractivity (Wildman–Crippen MR) is 80.7 cm³/mol. The molecule has 1 aromatic heterocycles. The minimum atomic E-state index is -0.266. The molecule has 1 aliphatic rings. The molecule has 1 amide bonds. The van der Waals surface area contributed by atoms with E-state index in [1.807, 2.05) is 11.1 Å². The normalized spacial score (nSPS) is 16.6. The summed E-state index contributed by atoms with van der Waals surface area (Å²) in [5.41, 5.74) is 1.68. The molecule has 112 valence electrons. The van der Waals surface area contributed by atoms with Crippen LogP contribution in [0.5, 0.6) is 0 Å². The van der Waals surface area contributed by atoms with Crippen LogP contribution in [0.1, 0.15) is 12.5 Å². The van der Waals surface area contributed by atoms with Crippen molar-refractivity contribution >= 4 is 16.8 Å². The summed E-state index contributed by atoms with van der Waals surface area (Å²) in [4.78, 5) is 19.7. The molecule has 0 aliphatic carbocycles. The van der Waals surface area contributed by atoms with E-state index in [1.165, 1.54) is 12.1 Å². The number of nitrogens with zero attached hydrogens (tertiary/aromatic N) is 2. The van der Waals surface area contributed by atoms with Crippen LogP contribution < -0.4 is 0 Å². The smallest absolute Gasteiger partial charge is 0.227 e. The number of hydrogen-bond acceptors (Lipinski definition) is 2. The quantitative estimate of drug-likeness (QED) is 0.939. The Labute approximate surface area is 123 Å². The van der Waals surface area contributed by atoms with Gasteiger partial charge in [0.25, 0.3) is 0 Å². The number of rotatable bonds is 3. The van der Waals surface area contributed by atoms with Crippen LogP contribution >= 0.6 is 0 Å². The van der Waals surface area contributed by atoms with Crippen molar-refractivity contribution < 1.29 is 9.18 Å². The van der Waals surface area contributed by atoms with E-state index in [1.54, 1.807) is 6.07 Å². The van der Waals surface area contributed by atoms with Crippen LogP contribution in [0.2, 0.25) is 0 Å². The van der Waals surface area contributed by atoms with Crippen molar-refractivity contribution in [2.24, 2.45) is 0 Å². The van der Waals surface area contributed by atoms with Gasteiger partial charge in [0.1, 0.15) is 5.82 Å². The van der Waals surface area contributed by atoms with Gasteiger partial charge < -0.3 is 14.8 Å². The summed E-state index contributed by atoms with van der Waals surface area (Å²) < 4.78 is 13.2. The zero-order valence-electron chi connectivity index (χ0n) is 12.2. The van der Waals surface area contributed by atoms with Crippen LogP contribution in [0.15, 0.2) is 24.4 Å². The number of hydrogen-bond donors (Lipinski definition) is 1. The fraction of sp³-hybridized carbons (Fsp3) is 0.438. The van der Waals surface area contributed by atoms with Crippen molar-refractivity contribution in [2.45, 2.75) is 13.3 Å². The number of likely N-dealkylation sites (N-methyl/N-ethyl adjacent to an activating group) is 1. The van der Waals surface area contributed by atoms with E-state index < -0.39 is 0 Å². The SMILES string of the molecule is CCN1CCN(C(=O)Cc2c[nH]c3cc(F)ccc23)CC1. The third-order valence-electron chi connectivity index (χ3n) is 4.24. The van der Waals surface area contributed by atoms with Crippen molar-refractivity contribution in [3.63, 3.8) is 0 Å². The largest absolute Gasteiger partial charge is 0.361 e. The molecule has 2 aromatic rings. The van der Waals surface area contributed by atoms with Crippen molar-refractivity contribution in [2.75, 3.05) is 32.7 Å². The number of H-pyrrole nitrogens is 1. The van der Waals surface area contributed by atoms with Crippen molar-refractivity contribution in [3.05, 3.63) is 35.8 Å². The summed E-state index contributed by atoms with van der Waals surface area (Å²) in [6, 6.07) is 4.63. The monoisotopic (exact) mass is 289 g/mol. The van der Waals surface area contributed by atoms with Crippen LogP contribution in [0, 0.1) is 5.82 Å². The highest BCUT2D eigenvalue weighted by Crippen LogP contribution is 2.20. The summed E-state index contributed by atoms with van der Waals surface area (Å²) >= 11 is 0. The molecular weight excluding hydrogens is 269 g/mol. The molecule has 0 unspecified atom stereocenters. The van der Waals surface area contributed by atoms with Gasteiger partial charge in [-0.15, -0.1) is 0 Å². The van der Waals surface area contributed by atoms with Crippen LogP contribution in [-0.4, -0.2) is 53.4 Å². The van der Waals surface area contributed by atoms with Gasteiger partial charge in [-0.05, 0) is 30.3 Å². The van der Waals surface area contributed by atoms with Gasteiger partial charge in [-0.2, -0.15) is 0 Å². The first-order valence-electron chi connectivity index (χ1n) is 7.43. The molecule has 1 fully saturated rings. The van der Waals surface area contributed by atoms with Gasteiger partial charge >= 0.3 is 0 Å². The number of fused-ring (bicyclic) bond motifs is 1. The van der Waals surface area contributed by atoms with Crippen molar-refractivity contribution in [1.82, 2.24) is 14.8 Å². The lowest BCUT2D eigenvalue weighted by molar-refractivity contribution is -0.132. The fourth-order valence-corrected chi connectivity index (χ4v) is 2.89. The maximum absolute atomic E-state index is 13.2. The number of aromatic nitrogens is 1. The molecule has 0 spiro atoms. The second-order valence-electron chi connectivity index (χ2n) is 5.50. The number of carbonyl (C=O) groups is 1. The first kappa shape index (κ1) is 14.1. The minimum absolute atomic E-state index is 0.149. The molecule has 0 radical (unpaired) electrons. The van der Waals surface area contributed by atoms with Crippen molar-refractivity contribution in [3.8, 4) is 0 Å². The molecule has 3 rings (SSSR count). The third kappa shape index (κ3) is 2.93. The number of carbonyl (C=O) groups excluding carboxylic acids is 1. The zero-order valence-corrected chi connectivity index (χ0v) is 12.2. The number of nitrogens with one attached hydrogen (secondary N) is 1. The van der Waals surface area contributed by atoms with Gasteiger partial charge in [0.2, 0.25) is 5.91 Å². The van der Waals surface area contributed by atoms with E-state index in [-0.39, 0.29) is 11.7 Å². The molecular formula is C16H20FN3O. The Kier molecular flexibility index (Phi) is 3.92. The Bertz CT molecular complexity index is 644. The minimum Gasteiger partial charge on any atom is -0.361 e. The van der Waals surface area contributed by atoms with Gasteiger partial charge in [0.05, 0.1) is 6.42 Å². The molecule has 1 aliphatic heterocycles. The molecule has 5 heteroatoms. The molecule has 2 heterocycles. The Balaban J connectivity index is 1.69. The summed E-state index contributed by atoms with van der Waals surface area (Å²) in [5, 5.41) is 0.928. The third-order valence-corrected chi connectivity index (χ3v) is 4.24. The average molecular weight is 289 g/mol. The second kappa shape index (κ2) is 5.85. The maximum Gasteiger partial charge on any atom is 0.227 e. The van der Waals surface area contributed by atoms with Gasteiger partial charge in [0, 0.05) is 43.3 Å². The topological polar surface area (TPSA) is 39.3 Å².